The van der Waals surface area contributed by atoms with Gasteiger partial charge in [-0.15, -0.1) is 0 Å². The number of aliphatic hydroxyl groups excluding tert-OH is 1. The Balaban J connectivity index is 1.55. The first-order valence-electron chi connectivity index (χ1n) is 8.90. The van der Waals surface area contributed by atoms with E-state index in [9.17, 15) is 8.42 Å². The van der Waals surface area contributed by atoms with Crippen molar-refractivity contribution in [1.29, 1.82) is 0 Å². The molecule has 1 aliphatic rings. The van der Waals surface area contributed by atoms with Crippen LogP contribution in [0.5, 0.6) is 5.75 Å². The summed E-state index contributed by atoms with van der Waals surface area (Å²) in [6.07, 6.45) is 0.734. The van der Waals surface area contributed by atoms with Gasteiger partial charge < -0.3 is 9.84 Å². The Kier molecular flexibility index (Phi) is 7.20. The summed E-state index contributed by atoms with van der Waals surface area (Å²) < 4.78 is 33.3. The van der Waals surface area contributed by atoms with Gasteiger partial charge in [0, 0.05) is 25.7 Å². The fourth-order valence-corrected chi connectivity index (χ4v) is 4.77. The van der Waals surface area contributed by atoms with Gasteiger partial charge in [0.1, 0.15) is 12.4 Å². The molecule has 9 heteroatoms. The third kappa shape index (κ3) is 5.59. The van der Waals surface area contributed by atoms with Crippen molar-refractivity contribution in [3.8, 4) is 5.75 Å². The minimum absolute atomic E-state index is 0.0188. The monoisotopic (exact) mass is 444 g/mol. The molecule has 0 amide bonds. The largest absolute Gasteiger partial charge is 0.491 e. The predicted octanol–water partition coefficient (Wildman–Crippen LogP) is 2.92. The van der Waals surface area contributed by atoms with Crippen LogP contribution in [0.4, 0.5) is 0 Å². The smallest absolute Gasteiger partial charge is 0.240 e. The van der Waals surface area contributed by atoms with E-state index >= 15 is 0 Å². The van der Waals surface area contributed by atoms with E-state index in [-0.39, 0.29) is 29.2 Å². The molecule has 0 bridgehead atoms. The molecule has 3 rings (SSSR count). The maximum absolute atomic E-state index is 12.6. The molecule has 0 aliphatic carbocycles. The van der Waals surface area contributed by atoms with E-state index in [1.54, 1.807) is 0 Å². The van der Waals surface area contributed by atoms with Gasteiger partial charge >= 0.3 is 0 Å². The summed E-state index contributed by atoms with van der Waals surface area (Å²) in [5.41, 5.74) is 1.12. The van der Waals surface area contributed by atoms with Crippen LogP contribution in [0.15, 0.2) is 47.4 Å². The van der Waals surface area contributed by atoms with Crippen LogP contribution in [0, 0.1) is 0 Å². The highest BCUT2D eigenvalue weighted by Crippen LogP contribution is 2.25. The van der Waals surface area contributed by atoms with Crippen molar-refractivity contribution in [2.24, 2.45) is 0 Å². The van der Waals surface area contributed by atoms with E-state index in [1.807, 2.05) is 24.3 Å². The lowest BCUT2D eigenvalue weighted by atomic mass is 10.2. The molecule has 152 valence electrons. The molecule has 2 N–H and O–H groups in total. The van der Waals surface area contributed by atoms with Gasteiger partial charge in [-0.25, -0.2) is 13.1 Å². The fraction of sp³-hybridized carbons (Fsp3) is 0.368. The topological polar surface area (TPSA) is 78.9 Å². The number of hydrogen-bond donors (Lipinski definition) is 2. The van der Waals surface area contributed by atoms with E-state index in [4.69, 9.17) is 33.0 Å². The summed E-state index contributed by atoms with van der Waals surface area (Å²) >= 11 is 11.8. The molecule has 1 fully saturated rings. The minimum Gasteiger partial charge on any atom is -0.491 e. The first-order chi connectivity index (χ1) is 13.4. The summed E-state index contributed by atoms with van der Waals surface area (Å²) in [5.74, 6) is 0.714. The van der Waals surface area contributed by atoms with Gasteiger partial charge in [0.15, 0.2) is 0 Å². The lowest BCUT2D eigenvalue weighted by molar-refractivity contribution is 0.201. The zero-order valence-electron chi connectivity index (χ0n) is 15.1. The Morgan fingerprint density at radius 3 is 2.57 bits per heavy atom. The van der Waals surface area contributed by atoms with Crippen LogP contribution in [-0.4, -0.2) is 50.8 Å². The van der Waals surface area contributed by atoms with E-state index in [1.165, 1.54) is 18.2 Å². The van der Waals surface area contributed by atoms with E-state index < -0.39 is 10.0 Å². The molecule has 1 aliphatic heterocycles. The molecular weight excluding hydrogens is 423 g/mol. The summed E-state index contributed by atoms with van der Waals surface area (Å²) in [5, 5.41) is 9.31. The van der Waals surface area contributed by atoms with Crippen molar-refractivity contribution in [1.82, 2.24) is 9.62 Å². The third-order valence-corrected chi connectivity index (χ3v) is 6.74. The Hall–Kier alpha value is -1.35. The van der Waals surface area contributed by atoms with E-state index in [0.717, 1.165) is 25.1 Å². The number of sulfonamides is 1. The van der Waals surface area contributed by atoms with E-state index in [2.05, 4.69) is 9.62 Å². The first kappa shape index (κ1) is 21.4. The molecule has 0 spiro atoms. The highest BCUT2D eigenvalue weighted by Gasteiger charge is 2.27. The number of likely N-dealkylation sites (tertiary alicyclic amines) is 1. The molecule has 0 radical (unpaired) electrons. The maximum atomic E-state index is 12.6. The first-order valence-corrected chi connectivity index (χ1v) is 11.1. The fourth-order valence-electron chi connectivity index (χ4n) is 3.12. The maximum Gasteiger partial charge on any atom is 0.240 e. The van der Waals surface area contributed by atoms with Crippen molar-refractivity contribution in [2.75, 3.05) is 26.3 Å². The molecule has 2 aromatic carbocycles. The van der Waals surface area contributed by atoms with Crippen molar-refractivity contribution in [3.63, 3.8) is 0 Å². The summed E-state index contributed by atoms with van der Waals surface area (Å²) in [6.45, 7) is 2.41. The number of halogens is 2. The Labute approximate surface area is 175 Å². The summed E-state index contributed by atoms with van der Waals surface area (Å²) in [7, 11) is -3.65. The summed E-state index contributed by atoms with van der Waals surface area (Å²) in [6, 6.07) is 11.8. The van der Waals surface area contributed by atoms with Crippen molar-refractivity contribution in [3.05, 3.63) is 58.1 Å². The van der Waals surface area contributed by atoms with Crippen LogP contribution < -0.4 is 9.46 Å². The Morgan fingerprint density at radius 1 is 1.14 bits per heavy atom. The second-order valence-electron chi connectivity index (χ2n) is 6.63. The second-order valence-corrected chi connectivity index (χ2v) is 9.16. The highest BCUT2D eigenvalue weighted by molar-refractivity contribution is 7.89. The van der Waals surface area contributed by atoms with Gasteiger partial charge in [0.05, 0.1) is 21.5 Å². The number of benzene rings is 2. The molecule has 28 heavy (non-hydrogen) atoms. The summed E-state index contributed by atoms with van der Waals surface area (Å²) in [4.78, 5) is 2.31. The van der Waals surface area contributed by atoms with Gasteiger partial charge in [0.25, 0.3) is 0 Å². The number of nitrogens with one attached hydrogen (secondary N) is 1. The SMILES string of the molecule is O=S(=O)(N[C@H]1CCN(Cc2ccc(OCCO)cc2)C1)c1ccc(Cl)c(Cl)c1. The molecular formula is C19H22Cl2N2O4S. The van der Waals surface area contributed by atoms with Crippen LogP contribution >= 0.6 is 23.2 Å². The standard InChI is InChI=1S/C19H22Cl2N2O4S/c20-18-6-5-17(11-19(18)21)28(25,26)22-15-7-8-23(13-15)12-14-1-3-16(4-2-14)27-10-9-24/h1-6,11,15,22,24H,7-10,12-13H2/t15-/m0/s1. The van der Waals surface area contributed by atoms with Gasteiger partial charge in [0.2, 0.25) is 10.0 Å². The zero-order chi connectivity index (χ0) is 20.1. The molecule has 1 atom stereocenters. The zero-order valence-corrected chi connectivity index (χ0v) is 17.5. The van der Waals surface area contributed by atoms with Crippen LogP contribution in [-0.2, 0) is 16.6 Å². The van der Waals surface area contributed by atoms with Crippen LogP contribution in [0.25, 0.3) is 0 Å². The predicted molar refractivity (Wildman–Crippen MR) is 109 cm³/mol. The second kappa shape index (κ2) is 9.43. The lowest BCUT2D eigenvalue weighted by Gasteiger charge is -2.17. The van der Waals surface area contributed by atoms with Gasteiger partial charge in [-0.05, 0) is 42.3 Å². The van der Waals surface area contributed by atoms with Crippen molar-refractivity contribution < 1.29 is 18.3 Å². The minimum atomic E-state index is -3.65. The number of rotatable bonds is 8. The normalized spacial score (nSPS) is 17.8. The lowest BCUT2D eigenvalue weighted by Crippen LogP contribution is -2.36. The number of aliphatic hydroxyl groups is 1. The molecule has 0 saturated carbocycles. The van der Waals surface area contributed by atoms with Gasteiger partial charge in [-0.1, -0.05) is 35.3 Å². The van der Waals surface area contributed by atoms with E-state index in [0.29, 0.717) is 17.3 Å². The molecule has 0 unspecified atom stereocenters. The number of nitrogens with zero attached hydrogens (tertiary/aromatic N) is 1. The van der Waals surface area contributed by atoms with Crippen molar-refractivity contribution >= 4 is 33.2 Å². The molecule has 1 heterocycles. The molecule has 2 aromatic rings. The Bertz CT molecular complexity index is 907. The average molecular weight is 445 g/mol. The van der Waals surface area contributed by atoms with Crippen LogP contribution in [0.2, 0.25) is 10.0 Å². The Morgan fingerprint density at radius 2 is 1.89 bits per heavy atom. The molecule has 6 nitrogen and oxygen atoms in total. The van der Waals surface area contributed by atoms with Crippen molar-refractivity contribution in [2.45, 2.75) is 23.9 Å². The van der Waals surface area contributed by atoms with Crippen LogP contribution in [0.3, 0.4) is 0 Å². The quantitative estimate of drug-likeness (QED) is 0.654. The number of ether oxygens (including phenoxy) is 1. The number of hydrogen-bond acceptors (Lipinski definition) is 5. The highest BCUT2D eigenvalue weighted by atomic mass is 35.5. The molecule has 1 saturated heterocycles. The van der Waals surface area contributed by atoms with Gasteiger partial charge in [-0.3, -0.25) is 4.90 Å². The third-order valence-electron chi connectivity index (χ3n) is 4.49. The van der Waals surface area contributed by atoms with Gasteiger partial charge in [-0.2, -0.15) is 0 Å². The van der Waals surface area contributed by atoms with Crippen LogP contribution in [0.1, 0.15) is 12.0 Å². The molecule has 0 aromatic heterocycles. The average Bonchev–Trinajstić information content (AvgIpc) is 3.09.